The number of rotatable bonds is 6. The second kappa shape index (κ2) is 8.92. The SMILES string of the molecule is CC[C@@]1(c2cccc(Cl)c2)NC(=O)N(CN2CCN(c3ccc(C(C)=O)cc3)CC2)C1=O. The zero-order valence-electron chi connectivity index (χ0n) is 18.3. The van der Waals surface area contributed by atoms with Gasteiger partial charge >= 0.3 is 6.03 Å². The van der Waals surface area contributed by atoms with Gasteiger partial charge in [-0.2, -0.15) is 0 Å². The van der Waals surface area contributed by atoms with Gasteiger partial charge in [0.05, 0.1) is 6.67 Å². The maximum atomic E-state index is 13.4. The molecular weight excluding hydrogens is 428 g/mol. The fraction of sp³-hybridized carbons (Fsp3) is 0.375. The number of ketones is 1. The highest BCUT2D eigenvalue weighted by Gasteiger charge is 2.51. The molecule has 3 amide bonds. The molecule has 168 valence electrons. The number of benzene rings is 2. The maximum absolute atomic E-state index is 13.4. The monoisotopic (exact) mass is 454 g/mol. The van der Waals surface area contributed by atoms with Crippen LogP contribution in [0.25, 0.3) is 0 Å². The van der Waals surface area contributed by atoms with Crippen molar-refractivity contribution in [3.05, 3.63) is 64.7 Å². The summed E-state index contributed by atoms with van der Waals surface area (Å²) in [7, 11) is 0. The molecule has 1 N–H and O–H groups in total. The van der Waals surface area contributed by atoms with E-state index in [9.17, 15) is 14.4 Å². The van der Waals surface area contributed by atoms with Crippen LogP contribution in [0.5, 0.6) is 0 Å². The number of imide groups is 1. The summed E-state index contributed by atoms with van der Waals surface area (Å²) in [5.41, 5.74) is 1.38. The minimum absolute atomic E-state index is 0.0517. The van der Waals surface area contributed by atoms with Crippen molar-refractivity contribution in [2.24, 2.45) is 0 Å². The summed E-state index contributed by atoms with van der Waals surface area (Å²) in [4.78, 5) is 43.3. The molecule has 0 saturated carbocycles. The average molecular weight is 455 g/mol. The number of nitrogens with one attached hydrogen (secondary N) is 1. The van der Waals surface area contributed by atoms with E-state index in [1.54, 1.807) is 25.1 Å². The van der Waals surface area contributed by atoms with E-state index in [-0.39, 0.29) is 24.4 Å². The number of piperazine rings is 1. The third-order valence-electron chi connectivity index (χ3n) is 6.38. The van der Waals surface area contributed by atoms with Crippen LogP contribution in [0.2, 0.25) is 5.02 Å². The van der Waals surface area contributed by atoms with E-state index in [4.69, 9.17) is 11.6 Å². The maximum Gasteiger partial charge on any atom is 0.326 e. The number of carbonyl (C=O) groups excluding carboxylic acids is 3. The van der Waals surface area contributed by atoms with Gasteiger partial charge in [-0.15, -0.1) is 0 Å². The molecule has 2 aromatic rings. The highest BCUT2D eigenvalue weighted by molar-refractivity contribution is 6.30. The molecule has 0 aliphatic carbocycles. The van der Waals surface area contributed by atoms with Gasteiger partial charge in [-0.25, -0.2) is 9.69 Å². The smallest absolute Gasteiger partial charge is 0.326 e. The minimum Gasteiger partial charge on any atom is -0.369 e. The van der Waals surface area contributed by atoms with Crippen molar-refractivity contribution in [2.45, 2.75) is 25.8 Å². The third kappa shape index (κ3) is 4.10. The molecule has 2 aliphatic heterocycles. The van der Waals surface area contributed by atoms with Gasteiger partial charge in [0, 0.05) is 42.5 Å². The summed E-state index contributed by atoms with van der Waals surface area (Å²) in [6.07, 6.45) is 0.443. The topological polar surface area (TPSA) is 73.0 Å². The van der Waals surface area contributed by atoms with Crippen LogP contribution in [-0.2, 0) is 10.3 Å². The molecule has 8 heteroatoms. The van der Waals surface area contributed by atoms with Gasteiger partial charge in [-0.05, 0) is 55.3 Å². The molecule has 2 heterocycles. The second-order valence-electron chi connectivity index (χ2n) is 8.28. The lowest BCUT2D eigenvalue weighted by Gasteiger charge is -2.37. The number of carbonyl (C=O) groups is 3. The van der Waals surface area contributed by atoms with Crippen LogP contribution in [0.4, 0.5) is 10.5 Å². The number of amides is 3. The van der Waals surface area contributed by atoms with Crippen molar-refractivity contribution in [1.82, 2.24) is 15.1 Å². The second-order valence-corrected chi connectivity index (χ2v) is 8.72. The normalized spacial score (nSPS) is 21.7. The number of urea groups is 1. The predicted molar refractivity (Wildman–Crippen MR) is 124 cm³/mol. The zero-order valence-corrected chi connectivity index (χ0v) is 19.1. The van der Waals surface area contributed by atoms with Crippen molar-refractivity contribution in [3.8, 4) is 0 Å². The van der Waals surface area contributed by atoms with Gasteiger partial charge in [-0.3, -0.25) is 14.5 Å². The Morgan fingerprint density at radius 2 is 1.75 bits per heavy atom. The Labute approximate surface area is 192 Å². The number of anilines is 1. The fourth-order valence-electron chi connectivity index (χ4n) is 4.40. The van der Waals surface area contributed by atoms with E-state index in [0.29, 0.717) is 22.6 Å². The molecule has 2 aromatic carbocycles. The van der Waals surface area contributed by atoms with Crippen LogP contribution in [0, 0.1) is 0 Å². The molecule has 0 aromatic heterocycles. The van der Waals surface area contributed by atoms with E-state index < -0.39 is 5.54 Å². The summed E-state index contributed by atoms with van der Waals surface area (Å²) < 4.78 is 0. The van der Waals surface area contributed by atoms with Crippen LogP contribution in [0.3, 0.4) is 0 Å². The molecule has 2 fully saturated rings. The number of Topliss-reactive ketones (excluding diaryl/α,β-unsaturated/α-hetero) is 1. The van der Waals surface area contributed by atoms with Gasteiger partial charge < -0.3 is 10.2 Å². The Morgan fingerprint density at radius 1 is 1.06 bits per heavy atom. The Bertz CT molecular complexity index is 1030. The quantitative estimate of drug-likeness (QED) is 0.534. The van der Waals surface area contributed by atoms with E-state index >= 15 is 0 Å². The molecule has 2 aliphatic rings. The Kier molecular flexibility index (Phi) is 6.22. The van der Waals surface area contributed by atoms with Crippen LogP contribution < -0.4 is 10.2 Å². The van der Waals surface area contributed by atoms with Crippen molar-refractivity contribution >= 4 is 35.0 Å². The standard InChI is InChI=1S/C24H27ClN4O3/c1-3-24(19-5-4-6-20(25)15-19)22(31)29(23(32)26-24)16-27-11-13-28(14-12-27)21-9-7-18(8-10-21)17(2)30/h4-10,15H,3,11-14,16H2,1-2H3,(H,26,32)/t24-/m0/s1. The van der Waals surface area contributed by atoms with Gasteiger partial charge in [0.1, 0.15) is 5.54 Å². The van der Waals surface area contributed by atoms with Crippen LogP contribution in [-0.4, -0.2) is 60.4 Å². The van der Waals surface area contributed by atoms with Crippen molar-refractivity contribution in [1.29, 1.82) is 0 Å². The molecule has 0 radical (unpaired) electrons. The Hall–Kier alpha value is -2.90. The highest BCUT2D eigenvalue weighted by Crippen LogP contribution is 2.33. The first-order valence-electron chi connectivity index (χ1n) is 10.8. The molecule has 1 atom stereocenters. The van der Waals surface area contributed by atoms with Crippen molar-refractivity contribution in [3.63, 3.8) is 0 Å². The first-order valence-corrected chi connectivity index (χ1v) is 11.2. The predicted octanol–water partition coefficient (Wildman–Crippen LogP) is 3.48. The summed E-state index contributed by atoms with van der Waals surface area (Å²) in [6, 6.07) is 14.3. The highest BCUT2D eigenvalue weighted by atomic mass is 35.5. The van der Waals surface area contributed by atoms with E-state index in [0.717, 1.165) is 31.9 Å². The summed E-state index contributed by atoms with van der Waals surface area (Å²) in [6.45, 7) is 6.70. The van der Waals surface area contributed by atoms with E-state index in [1.165, 1.54) is 4.90 Å². The van der Waals surface area contributed by atoms with E-state index in [2.05, 4.69) is 15.1 Å². The molecule has 0 unspecified atom stereocenters. The molecule has 7 nitrogen and oxygen atoms in total. The fourth-order valence-corrected chi connectivity index (χ4v) is 4.59. The zero-order chi connectivity index (χ0) is 22.9. The number of hydrogen-bond acceptors (Lipinski definition) is 5. The Morgan fingerprint density at radius 3 is 2.34 bits per heavy atom. The van der Waals surface area contributed by atoms with Crippen molar-refractivity contribution < 1.29 is 14.4 Å². The number of halogens is 1. The molecule has 4 rings (SSSR count). The van der Waals surface area contributed by atoms with Crippen molar-refractivity contribution in [2.75, 3.05) is 37.7 Å². The minimum atomic E-state index is -1.08. The first kappa shape index (κ1) is 22.3. The lowest BCUT2D eigenvalue weighted by Crippen LogP contribution is -2.51. The third-order valence-corrected chi connectivity index (χ3v) is 6.61. The lowest BCUT2D eigenvalue weighted by atomic mass is 9.87. The van der Waals surface area contributed by atoms with Crippen LogP contribution >= 0.6 is 11.6 Å². The summed E-state index contributed by atoms with van der Waals surface area (Å²) >= 11 is 6.14. The molecule has 2 saturated heterocycles. The summed E-state index contributed by atoms with van der Waals surface area (Å²) in [5, 5.41) is 3.44. The lowest BCUT2D eigenvalue weighted by molar-refractivity contribution is -0.133. The van der Waals surface area contributed by atoms with Gasteiger partial charge in [0.2, 0.25) is 0 Å². The molecular formula is C24H27ClN4O3. The molecule has 0 spiro atoms. The average Bonchev–Trinajstić information content (AvgIpc) is 3.05. The van der Waals surface area contributed by atoms with E-state index in [1.807, 2.05) is 37.3 Å². The molecule has 0 bridgehead atoms. The number of nitrogens with zero attached hydrogens (tertiary/aromatic N) is 3. The first-order chi connectivity index (χ1) is 15.3. The largest absolute Gasteiger partial charge is 0.369 e. The van der Waals surface area contributed by atoms with Crippen LogP contribution in [0.1, 0.15) is 36.2 Å². The van der Waals surface area contributed by atoms with Gasteiger partial charge in [-0.1, -0.05) is 30.7 Å². The molecule has 32 heavy (non-hydrogen) atoms. The number of hydrogen-bond donors (Lipinski definition) is 1. The van der Waals surface area contributed by atoms with Gasteiger partial charge in [0.15, 0.2) is 5.78 Å². The van der Waals surface area contributed by atoms with Gasteiger partial charge in [0.25, 0.3) is 5.91 Å². The van der Waals surface area contributed by atoms with Crippen LogP contribution in [0.15, 0.2) is 48.5 Å². The summed E-state index contributed by atoms with van der Waals surface area (Å²) in [5.74, 6) is -0.189. The Balaban J connectivity index is 1.41.